The molecule has 8 heteroatoms. The zero-order valence-corrected chi connectivity index (χ0v) is 13.2. The first-order chi connectivity index (χ1) is 9.40. The lowest BCUT2D eigenvalue weighted by atomic mass is 9.97. The van der Waals surface area contributed by atoms with Gasteiger partial charge in [-0.15, -0.1) is 0 Å². The van der Waals surface area contributed by atoms with Crippen LogP contribution in [0.4, 0.5) is 0 Å². The van der Waals surface area contributed by atoms with Gasteiger partial charge in [0.25, 0.3) is 10.2 Å². The summed E-state index contributed by atoms with van der Waals surface area (Å²) in [6.07, 6.45) is 2.00. The highest BCUT2D eigenvalue weighted by atomic mass is 32.2. The first kappa shape index (κ1) is 15.4. The average Bonchev–Trinajstić information content (AvgIpc) is 2.82. The van der Waals surface area contributed by atoms with Gasteiger partial charge in [-0.05, 0) is 6.92 Å². The van der Waals surface area contributed by atoms with Gasteiger partial charge in [0.15, 0.2) is 0 Å². The van der Waals surface area contributed by atoms with Gasteiger partial charge in [0.1, 0.15) is 0 Å². The highest BCUT2D eigenvalue weighted by molar-refractivity contribution is 7.86. The molecule has 0 saturated heterocycles. The number of aryl methyl sites for hydroxylation is 1. The zero-order valence-electron chi connectivity index (χ0n) is 12.4. The summed E-state index contributed by atoms with van der Waals surface area (Å²) < 4.78 is 34.4. The van der Waals surface area contributed by atoms with Crippen LogP contribution in [0.15, 0.2) is 6.20 Å². The number of fused-ring (bicyclic) bond motifs is 1. The van der Waals surface area contributed by atoms with Gasteiger partial charge in [0.2, 0.25) is 0 Å². The van der Waals surface area contributed by atoms with E-state index >= 15 is 0 Å². The van der Waals surface area contributed by atoms with E-state index in [9.17, 15) is 8.42 Å². The summed E-state index contributed by atoms with van der Waals surface area (Å²) in [6, 6.07) is 0. The Morgan fingerprint density at radius 3 is 2.75 bits per heavy atom. The Labute approximate surface area is 120 Å². The van der Waals surface area contributed by atoms with E-state index in [-0.39, 0.29) is 5.92 Å². The molecule has 0 radical (unpaired) electrons. The summed E-state index contributed by atoms with van der Waals surface area (Å²) in [6.45, 7) is 4.02. The van der Waals surface area contributed by atoms with E-state index in [0.29, 0.717) is 19.7 Å². The maximum atomic E-state index is 12.3. The van der Waals surface area contributed by atoms with Crippen molar-refractivity contribution in [1.29, 1.82) is 0 Å². The smallest absolute Gasteiger partial charge is 0.281 e. The molecule has 1 aliphatic heterocycles. The fourth-order valence-electron chi connectivity index (χ4n) is 2.43. The Kier molecular flexibility index (Phi) is 4.48. The predicted molar refractivity (Wildman–Crippen MR) is 75.5 cm³/mol. The summed E-state index contributed by atoms with van der Waals surface area (Å²) in [7, 11) is 1.28. The molecule has 0 N–H and O–H groups in total. The van der Waals surface area contributed by atoms with Crippen LogP contribution in [0.5, 0.6) is 0 Å². The minimum Gasteiger partial charge on any atom is -0.384 e. The molecule has 0 amide bonds. The van der Waals surface area contributed by atoms with Crippen molar-refractivity contribution in [2.24, 2.45) is 0 Å². The topological polar surface area (TPSA) is 67.7 Å². The number of hydrogen-bond acceptors (Lipinski definition) is 4. The van der Waals surface area contributed by atoms with Crippen molar-refractivity contribution in [2.45, 2.75) is 25.9 Å². The predicted octanol–water partition coefficient (Wildman–Crippen LogP) is 0.255. The molecule has 0 spiro atoms. The second-order valence-corrected chi connectivity index (χ2v) is 7.26. The molecule has 1 aliphatic rings. The van der Waals surface area contributed by atoms with Crippen LogP contribution in [-0.2, 0) is 28.0 Å². The van der Waals surface area contributed by atoms with E-state index in [1.807, 2.05) is 17.8 Å². The highest BCUT2D eigenvalue weighted by Crippen LogP contribution is 2.29. The van der Waals surface area contributed by atoms with Crippen LogP contribution >= 0.6 is 0 Å². The largest absolute Gasteiger partial charge is 0.384 e. The Balaban J connectivity index is 2.35. The van der Waals surface area contributed by atoms with E-state index in [0.717, 1.165) is 17.8 Å². The van der Waals surface area contributed by atoms with Crippen molar-refractivity contribution in [3.63, 3.8) is 0 Å². The third-order valence-corrected chi connectivity index (χ3v) is 5.39. The number of rotatable bonds is 5. The third kappa shape index (κ3) is 2.73. The summed E-state index contributed by atoms with van der Waals surface area (Å²) in [5, 5.41) is 4.46. The lowest BCUT2D eigenvalue weighted by molar-refractivity contribution is 0.161. The van der Waals surface area contributed by atoms with E-state index in [2.05, 4.69) is 5.10 Å². The minimum absolute atomic E-state index is 0.0266. The van der Waals surface area contributed by atoms with Crippen LogP contribution < -0.4 is 0 Å². The quantitative estimate of drug-likeness (QED) is 0.782. The van der Waals surface area contributed by atoms with Crippen molar-refractivity contribution in [2.75, 3.05) is 34.4 Å². The van der Waals surface area contributed by atoms with Crippen molar-refractivity contribution in [3.8, 4) is 0 Å². The molecule has 2 heterocycles. The summed E-state index contributed by atoms with van der Waals surface area (Å²) in [4.78, 5) is 0. The van der Waals surface area contributed by atoms with Gasteiger partial charge in [-0.25, -0.2) is 0 Å². The monoisotopic (exact) mass is 302 g/mol. The molecule has 1 aromatic rings. The normalized spacial score (nSPS) is 20.4. The van der Waals surface area contributed by atoms with Gasteiger partial charge in [-0.1, -0.05) is 0 Å². The average molecular weight is 302 g/mol. The van der Waals surface area contributed by atoms with Crippen molar-refractivity contribution < 1.29 is 13.2 Å². The minimum atomic E-state index is -3.43. The molecular formula is C12H22N4O3S. The van der Waals surface area contributed by atoms with Gasteiger partial charge in [-0.3, -0.25) is 4.68 Å². The Hall–Kier alpha value is -0.960. The molecule has 114 valence electrons. The second kappa shape index (κ2) is 5.80. The number of methoxy groups -OCH3 is 1. The standard InChI is InChI=1S/C12H22N4O3S/c1-5-15-7-11-10(9-19-4)6-16(8-12(11)13-15)20(17,18)14(2)3/h7,10H,5-6,8-9H2,1-4H3. The SMILES string of the molecule is CCn1cc2c(n1)CN(S(=O)(=O)N(C)C)CC2COC. The molecule has 1 aromatic heterocycles. The van der Waals surface area contributed by atoms with Crippen molar-refractivity contribution in [1.82, 2.24) is 18.4 Å². The van der Waals surface area contributed by atoms with Crippen LogP contribution in [0.25, 0.3) is 0 Å². The molecular weight excluding hydrogens is 280 g/mol. The lowest BCUT2D eigenvalue weighted by Gasteiger charge is -2.32. The summed E-state index contributed by atoms with van der Waals surface area (Å²) in [5.74, 6) is 0.0266. The maximum Gasteiger partial charge on any atom is 0.281 e. The lowest BCUT2D eigenvalue weighted by Crippen LogP contribution is -2.44. The van der Waals surface area contributed by atoms with Gasteiger partial charge < -0.3 is 4.74 Å². The first-order valence-electron chi connectivity index (χ1n) is 6.62. The molecule has 0 saturated carbocycles. The van der Waals surface area contributed by atoms with E-state index in [1.54, 1.807) is 21.2 Å². The van der Waals surface area contributed by atoms with Gasteiger partial charge in [-0.2, -0.15) is 22.1 Å². The molecule has 7 nitrogen and oxygen atoms in total. The van der Waals surface area contributed by atoms with Gasteiger partial charge >= 0.3 is 0 Å². The number of nitrogens with zero attached hydrogens (tertiary/aromatic N) is 4. The highest BCUT2D eigenvalue weighted by Gasteiger charge is 2.35. The first-order valence-corrected chi connectivity index (χ1v) is 8.02. The second-order valence-electron chi connectivity index (χ2n) is 5.12. The summed E-state index contributed by atoms with van der Waals surface area (Å²) >= 11 is 0. The van der Waals surface area contributed by atoms with Crippen LogP contribution in [0.1, 0.15) is 24.1 Å². The Morgan fingerprint density at radius 2 is 2.20 bits per heavy atom. The van der Waals surface area contributed by atoms with Crippen molar-refractivity contribution in [3.05, 3.63) is 17.5 Å². The maximum absolute atomic E-state index is 12.3. The van der Waals surface area contributed by atoms with Crippen molar-refractivity contribution >= 4 is 10.2 Å². The number of ether oxygens (including phenoxy) is 1. The zero-order chi connectivity index (χ0) is 14.9. The van der Waals surface area contributed by atoms with Crippen LogP contribution in [-0.4, -0.2) is 61.2 Å². The van der Waals surface area contributed by atoms with Crippen LogP contribution in [0.2, 0.25) is 0 Å². The van der Waals surface area contributed by atoms with E-state index in [1.165, 1.54) is 8.61 Å². The van der Waals surface area contributed by atoms with E-state index in [4.69, 9.17) is 4.74 Å². The fourth-order valence-corrected chi connectivity index (χ4v) is 3.54. The molecule has 20 heavy (non-hydrogen) atoms. The Bertz CT molecular complexity index is 567. The van der Waals surface area contributed by atoms with Crippen LogP contribution in [0.3, 0.4) is 0 Å². The van der Waals surface area contributed by atoms with E-state index < -0.39 is 10.2 Å². The van der Waals surface area contributed by atoms with Gasteiger partial charge in [0, 0.05) is 52.0 Å². The Morgan fingerprint density at radius 1 is 1.50 bits per heavy atom. The molecule has 0 aliphatic carbocycles. The molecule has 0 aromatic carbocycles. The number of hydrogen-bond donors (Lipinski definition) is 0. The summed E-state index contributed by atoms with van der Waals surface area (Å²) in [5.41, 5.74) is 1.92. The third-order valence-electron chi connectivity index (χ3n) is 3.54. The fraction of sp³-hybridized carbons (Fsp3) is 0.750. The molecule has 1 atom stereocenters. The molecule has 2 rings (SSSR count). The molecule has 0 bridgehead atoms. The molecule has 0 fully saturated rings. The number of aromatic nitrogens is 2. The van der Waals surface area contributed by atoms with Gasteiger partial charge in [0.05, 0.1) is 18.8 Å². The molecule has 1 unspecified atom stereocenters. The van der Waals surface area contributed by atoms with Crippen LogP contribution in [0, 0.1) is 0 Å².